The van der Waals surface area contributed by atoms with Gasteiger partial charge < -0.3 is 10.2 Å². The largest absolute Gasteiger partial charge is 0.508 e. The van der Waals surface area contributed by atoms with Crippen molar-refractivity contribution in [3.05, 3.63) is 35.2 Å². The van der Waals surface area contributed by atoms with Crippen LogP contribution in [0.5, 0.6) is 11.5 Å². The molecule has 0 spiro atoms. The van der Waals surface area contributed by atoms with E-state index in [2.05, 4.69) is 20.5 Å². The molecule has 1 amide bonds. The maximum atomic E-state index is 11.9. The smallest absolute Gasteiger partial charge is 0.261 e. The zero-order chi connectivity index (χ0) is 14.0. The van der Waals surface area contributed by atoms with Crippen LogP contribution in [0.1, 0.15) is 21.7 Å². The lowest BCUT2D eigenvalue weighted by Crippen LogP contribution is -2.15. The number of phenols is 2. The van der Waals surface area contributed by atoms with Crippen LogP contribution in [-0.4, -0.2) is 31.3 Å². The Morgan fingerprint density at radius 1 is 1.16 bits per heavy atom. The highest BCUT2D eigenvalue weighted by Gasteiger charge is 2.14. The number of anilines is 1. The van der Waals surface area contributed by atoms with E-state index in [1.807, 2.05) is 0 Å². The molecule has 0 unspecified atom stereocenters. The minimum absolute atomic E-state index is 0.0378. The maximum Gasteiger partial charge on any atom is 0.261 e. The number of amides is 1. The number of aryl methyl sites for hydroxylation is 2. The average molecular weight is 260 g/mol. The molecule has 1 aromatic heterocycles. The molecule has 1 heterocycles. The molecule has 0 aliphatic rings. The third kappa shape index (κ3) is 2.76. The molecule has 0 radical (unpaired) electrons. The summed E-state index contributed by atoms with van der Waals surface area (Å²) < 4.78 is 0. The number of carbonyl (C=O) groups is 1. The summed E-state index contributed by atoms with van der Waals surface area (Å²) in [4.78, 5) is 15.9. The molecule has 98 valence electrons. The molecule has 0 fully saturated rings. The fraction of sp³-hybridized carbons (Fsp3) is 0.167. The van der Waals surface area contributed by atoms with Crippen molar-refractivity contribution in [1.82, 2.24) is 15.2 Å². The van der Waals surface area contributed by atoms with Crippen LogP contribution in [0.15, 0.2) is 18.2 Å². The Morgan fingerprint density at radius 2 is 1.89 bits per heavy atom. The number of benzene rings is 1. The second-order valence-corrected chi connectivity index (χ2v) is 3.96. The molecule has 0 aliphatic heterocycles. The van der Waals surface area contributed by atoms with Gasteiger partial charge in [0.25, 0.3) is 5.91 Å². The summed E-state index contributed by atoms with van der Waals surface area (Å²) >= 11 is 0. The monoisotopic (exact) mass is 260 g/mol. The van der Waals surface area contributed by atoms with Gasteiger partial charge in [-0.25, -0.2) is 4.98 Å². The summed E-state index contributed by atoms with van der Waals surface area (Å²) in [6.45, 7) is 3.49. The summed E-state index contributed by atoms with van der Waals surface area (Å²) in [6, 6.07) is 3.66. The third-order valence-corrected chi connectivity index (χ3v) is 2.54. The van der Waals surface area contributed by atoms with Gasteiger partial charge in [-0.3, -0.25) is 10.1 Å². The van der Waals surface area contributed by atoms with Gasteiger partial charge >= 0.3 is 0 Å². The predicted octanol–water partition coefficient (Wildman–Crippen LogP) is 1.15. The fourth-order valence-electron chi connectivity index (χ4n) is 1.38. The van der Waals surface area contributed by atoms with Crippen molar-refractivity contribution in [3.63, 3.8) is 0 Å². The first-order valence-electron chi connectivity index (χ1n) is 5.48. The van der Waals surface area contributed by atoms with Crippen LogP contribution in [0.4, 0.5) is 5.95 Å². The zero-order valence-corrected chi connectivity index (χ0v) is 10.4. The number of nitrogens with one attached hydrogen (secondary N) is 1. The normalized spacial score (nSPS) is 10.2. The van der Waals surface area contributed by atoms with E-state index < -0.39 is 5.91 Å². The van der Waals surface area contributed by atoms with E-state index in [0.29, 0.717) is 11.4 Å². The van der Waals surface area contributed by atoms with Gasteiger partial charge in [0.05, 0.1) is 17.0 Å². The minimum Gasteiger partial charge on any atom is -0.508 e. The number of rotatable bonds is 2. The number of nitrogens with zero attached hydrogens (tertiary/aromatic N) is 3. The van der Waals surface area contributed by atoms with Gasteiger partial charge in [-0.05, 0) is 32.0 Å². The van der Waals surface area contributed by atoms with E-state index in [-0.39, 0.29) is 23.0 Å². The minimum atomic E-state index is -0.626. The number of aromatic nitrogens is 3. The van der Waals surface area contributed by atoms with Gasteiger partial charge in [-0.1, -0.05) is 0 Å². The Morgan fingerprint density at radius 3 is 2.58 bits per heavy atom. The first-order valence-corrected chi connectivity index (χ1v) is 5.48. The van der Waals surface area contributed by atoms with Gasteiger partial charge in [0.2, 0.25) is 5.95 Å². The van der Waals surface area contributed by atoms with Crippen molar-refractivity contribution in [3.8, 4) is 11.5 Å². The Hall–Kier alpha value is -2.70. The van der Waals surface area contributed by atoms with Crippen LogP contribution in [0.25, 0.3) is 0 Å². The molecular weight excluding hydrogens is 248 g/mol. The van der Waals surface area contributed by atoms with E-state index >= 15 is 0 Å². The molecule has 0 bridgehead atoms. The Kier molecular flexibility index (Phi) is 3.28. The second kappa shape index (κ2) is 4.89. The lowest BCUT2D eigenvalue weighted by atomic mass is 10.2. The second-order valence-electron chi connectivity index (χ2n) is 3.96. The fourth-order valence-corrected chi connectivity index (χ4v) is 1.38. The first kappa shape index (κ1) is 12.7. The molecule has 1 aromatic carbocycles. The van der Waals surface area contributed by atoms with E-state index in [9.17, 15) is 15.0 Å². The first-order chi connectivity index (χ1) is 8.97. The summed E-state index contributed by atoms with van der Waals surface area (Å²) in [7, 11) is 0. The van der Waals surface area contributed by atoms with Crippen LogP contribution in [0, 0.1) is 13.8 Å². The predicted molar refractivity (Wildman–Crippen MR) is 67.0 cm³/mol. The average Bonchev–Trinajstić information content (AvgIpc) is 2.36. The molecule has 0 saturated heterocycles. The Bertz CT molecular complexity index is 643. The van der Waals surface area contributed by atoms with Crippen LogP contribution in [0.2, 0.25) is 0 Å². The van der Waals surface area contributed by atoms with Crippen molar-refractivity contribution in [2.24, 2.45) is 0 Å². The molecule has 2 aromatic rings. The number of phenolic OH excluding ortho intramolecular Hbond substituents is 2. The molecule has 2 rings (SSSR count). The van der Waals surface area contributed by atoms with Gasteiger partial charge in [0, 0.05) is 0 Å². The molecule has 7 heteroatoms. The van der Waals surface area contributed by atoms with Crippen molar-refractivity contribution in [2.45, 2.75) is 13.8 Å². The number of aromatic hydroxyl groups is 2. The summed E-state index contributed by atoms with van der Waals surface area (Å²) in [5, 5.41) is 28.8. The number of hydrogen-bond donors (Lipinski definition) is 3. The topological polar surface area (TPSA) is 108 Å². The van der Waals surface area contributed by atoms with Crippen molar-refractivity contribution < 1.29 is 15.0 Å². The van der Waals surface area contributed by atoms with Gasteiger partial charge in [0.15, 0.2) is 0 Å². The van der Waals surface area contributed by atoms with Crippen LogP contribution in [-0.2, 0) is 0 Å². The Balaban J connectivity index is 2.25. The zero-order valence-electron chi connectivity index (χ0n) is 10.4. The number of carbonyl (C=O) groups excluding carboxylic acids is 1. The van der Waals surface area contributed by atoms with Crippen molar-refractivity contribution >= 4 is 11.9 Å². The molecule has 0 saturated carbocycles. The van der Waals surface area contributed by atoms with Gasteiger partial charge in [0.1, 0.15) is 11.5 Å². The van der Waals surface area contributed by atoms with Crippen LogP contribution in [0.3, 0.4) is 0 Å². The third-order valence-electron chi connectivity index (χ3n) is 2.54. The standard InChI is InChI=1S/C12H12N4O3/c1-6-7(2)15-16-12(13-6)14-11(19)9-5-8(17)3-4-10(9)18/h3-5,17-18H,1-2H3,(H,13,14,16,19). The lowest BCUT2D eigenvalue weighted by molar-refractivity contribution is 0.102. The summed E-state index contributed by atoms with van der Waals surface area (Å²) in [5.41, 5.74) is 1.24. The van der Waals surface area contributed by atoms with E-state index in [0.717, 1.165) is 6.07 Å². The Labute approximate surface area is 109 Å². The lowest BCUT2D eigenvalue weighted by Gasteiger charge is -2.06. The molecule has 7 nitrogen and oxygen atoms in total. The van der Waals surface area contributed by atoms with Crippen molar-refractivity contribution in [2.75, 3.05) is 5.32 Å². The molecule has 0 aliphatic carbocycles. The summed E-state index contributed by atoms with van der Waals surface area (Å²) in [6.07, 6.45) is 0. The molecule has 0 atom stereocenters. The highest BCUT2D eigenvalue weighted by Crippen LogP contribution is 2.22. The van der Waals surface area contributed by atoms with E-state index in [1.165, 1.54) is 12.1 Å². The molecule has 19 heavy (non-hydrogen) atoms. The molecular formula is C12H12N4O3. The van der Waals surface area contributed by atoms with E-state index in [1.54, 1.807) is 13.8 Å². The van der Waals surface area contributed by atoms with Crippen LogP contribution < -0.4 is 5.32 Å². The highest BCUT2D eigenvalue weighted by atomic mass is 16.3. The van der Waals surface area contributed by atoms with E-state index in [4.69, 9.17) is 0 Å². The SMILES string of the molecule is Cc1nnc(NC(=O)c2cc(O)ccc2O)nc1C. The van der Waals surface area contributed by atoms with Gasteiger partial charge in [-0.15, -0.1) is 5.10 Å². The van der Waals surface area contributed by atoms with Crippen molar-refractivity contribution in [1.29, 1.82) is 0 Å². The van der Waals surface area contributed by atoms with Crippen LogP contribution >= 0.6 is 0 Å². The van der Waals surface area contributed by atoms with Gasteiger partial charge in [-0.2, -0.15) is 5.10 Å². The molecule has 3 N–H and O–H groups in total. The summed E-state index contributed by atoms with van der Waals surface area (Å²) in [5.74, 6) is -0.955. The maximum absolute atomic E-state index is 11.9. The number of hydrogen-bond acceptors (Lipinski definition) is 6. The highest BCUT2D eigenvalue weighted by molar-refractivity contribution is 6.05. The quantitative estimate of drug-likeness (QED) is 0.699.